The second-order valence-corrected chi connectivity index (χ2v) is 8.39. The molecule has 1 fully saturated rings. The summed E-state index contributed by atoms with van der Waals surface area (Å²) in [6, 6.07) is 10.5. The lowest BCUT2D eigenvalue weighted by Gasteiger charge is -2.35. The number of hydrogen-bond acceptors (Lipinski definition) is 4. The van der Waals surface area contributed by atoms with Crippen LogP contribution in [0.1, 0.15) is 36.6 Å². The number of nitrogens with one attached hydrogen (secondary N) is 1. The van der Waals surface area contributed by atoms with Crippen molar-refractivity contribution >= 4 is 23.4 Å². The van der Waals surface area contributed by atoms with Gasteiger partial charge in [-0.25, -0.2) is 13.2 Å². The third-order valence-electron chi connectivity index (χ3n) is 5.88. The van der Waals surface area contributed by atoms with Crippen LogP contribution < -0.4 is 5.32 Å². The topological polar surface area (TPSA) is 90.0 Å². The van der Waals surface area contributed by atoms with Gasteiger partial charge in [0.1, 0.15) is 23.2 Å². The number of carbonyl (C=O) groups is 3. The molecule has 3 aromatic carbocycles. The van der Waals surface area contributed by atoms with E-state index in [1.54, 1.807) is 13.0 Å². The summed E-state index contributed by atoms with van der Waals surface area (Å²) >= 11 is 0. The van der Waals surface area contributed by atoms with Crippen LogP contribution in [0, 0.1) is 24.4 Å². The Kier molecular flexibility index (Phi) is 6.96. The minimum Gasteiger partial charge on any atom is -0.507 e. The normalized spacial score (nSPS) is 13.4. The van der Waals surface area contributed by atoms with Crippen molar-refractivity contribution in [1.29, 1.82) is 0 Å². The van der Waals surface area contributed by atoms with E-state index in [-0.39, 0.29) is 54.5 Å². The monoisotopic (exact) mass is 497 g/mol. The maximum Gasteiger partial charge on any atom is 0.257 e. The number of carbonyl (C=O) groups excluding carboxylic acids is 3. The van der Waals surface area contributed by atoms with E-state index in [1.807, 2.05) is 0 Å². The molecule has 7 nitrogen and oxygen atoms in total. The second-order valence-electron chi connectivity index (χ2n) is 8.39. The van der Waals surface area contributed by atoms with Gasteiger partial charge in [-0.2, -0.15) is 0 Å². The number of phenols is 1. The maximum absolute atomic E-state index is 13.8. The summed E-state index contributed by atoms with van der Waals surface area (Å²) < 4.78 is 40.5. The molecule has 3 aromatic rings. The summed E-state index contributed by atoms with van der Waals surface area (Å²) in [5, 5.41) is 12.8. The highest BCUT2D eigenvalue weighted by Gasteiger charge is 2.27. The molecule has 36 heavy (non-hydrogen) atoms. The standard InChI is InChI=1S/C26H22F3N3O4/c1-15-2-3-16(12-22(15)29)25(35)31-6-8-32(9-7-31)26(36)21-5-4-20(14-23(21)33)30-24(34)17-10-18(27)13-19(28)11-17/h2-5,10-14,33H,6-9H2,1H3,(H,30,34). The van der Waals surface area contributed by atoms with Crippen LogP contribution in [0.5, 0.6) is 5.75 Å². The summed E-state index contributed by atoms with van der Waals surface area (Å²) in [6.07, 6.45) is 0. The molecule has 0 radical (unpaired) electrons. The van der Waals surface area contributed by atoms with Crippen molar-refractivity contribution in [3.8, 4) is 5.75 Å². The predicted molar refractivity (Wildman–Crippen MR) is 125 cm³/mol. The van der Waals surface area contributed by atoms with Crippen molar-refractivity contribution in [3.05, 3.63) is 94.3 Å². The number of amides is 3. The molecule has 10 heteroatoms. The van der Waals surface area contributed by atoms with E-state index in [1.165, 1.54) is 34.1 Å². The van der Waals surface area contributed by atoms with Crippen molar-refractivity contribution in [3.63, 3.8) is 0 Å². The van der Waals surface area contributed by atoms with Gasteiger partial charge in [-0.3, -0.25) is 14.4 Å². The van der Waals surface area contributed by atoms with Crippen LogP contribution in [0.15, 0.2) is 54.6 Å². The first-order valence-corrected chi connectivity index (χ1v) is 11.1. The quantitative estimate of drug-likeness (QED) is 0.571. The Morgan fingerprint density at radius 3 is 1.97 bits per heavy atom. The first-order valence-electron chi connectivity index (χ1n) is 11.1. The zero-order valence-electron chi connectivity index (χ0n) is 19.2. The highest BCUT2D eigenvalue weighted by Crippen LogP contribution is 2.25. The second kappa shape index (κ2) is 10.1. The molecule has 0 bridgehead atoms. The third kappa shape index (κ3) is 5.32. The smallest absolute Gasteiger partial charge is 0.257 e. The van der Waals surface area contributed by atoms with Crippen molar-refractivity contribution in [2.45, 2.75) is 6.92 Å². The van der Waals surface area contributed by atoms with E-state index in [4.69, 9.17) is 0 Å². The summed E-state index contributed by atoms with van der Waals surface area (Å²) in [6.45, 7) is 2.50. The van der Waals surface area contributed by atoms with Crippen molar-refractivity contribution in [2.75, 3.05) is 31.5 Å². The largest absolute Gasteiger partial charge is 0.507 e. The lowest BCUT2D eigenvalue weighted by molar-refractivity contribution is 0.0533. The lowest BCUT2D eigenvalue weighted by Crippen LogP contribution is -2.50. The predicted octanol–water partition coefficient (Wildman–Crippen LogP) is 3.97. The van der Waals surface area contributed by atoms with E-state index >= 15 is 0 Å². The zero-order chi connectivity index (χ0) is 26.0. The molecule has 186 valence electrons. The van der Waals surface area contributed by atoms with E-state index in [2.05, 4.69) is 5.32 Å². The van der Waals surface area contributed by atoms with Gasteiger partial charge in [-0.1, -0.05) is 6.07 Å². The number of halogens is 3. The van der Waals surface area contributed by atoms with Crippen molar-refractivity contribution < 1.29 is 32.7 Å². The Morgan fingerprint density at radius 2 is 1.39 bits per heavy atom. The molecule has 0 aliphatic carbocycles. The van der Waals surface area contributed by atoms with E-state index in [9.17, 15) is 32.7 Å². The van der Waals surface area contributed by atoms with Gasteiger partial charge in [0.25, 0.3) is 17.7 Å². The minimum absolute atomic E-state index is 0.00909. The fourth-order valence-electron chi connectivity index (χ4n) is 3.87. The van der Waals surface area contributed by atoms with Gasteiger partial charge in [0.2, 0.25) is 0 Å². The molecule has 2 N–H and O–H groups in total. The Labute approximate surface area is 204 Å². The number of rotatable bonds is 4. The van der Waals surface area contributed by atoms with Crippen LogP contribution in [0.2, 0.25) is 0 Å². The molecule has 0 aromatic heterocycles. The molecule has 1 heterocycles. The lowest BCUT2D eigenvalue weighted by atomic mass is 10.1. The van der Waals surface area contributed by atoms with E-state index in [0.29, 0.717) is 11.6 Å². The van der Waals surface area contributed by atoms with Crippen LogP contribution in [0.3, 0.4) is 0 Å². The summed E-state index contributed by atoms with van der Waals surface area (Å²) in [5.41, 5.74) is 0.543. The van der Waals surface area contributed by atoms with Gasteiger partial charge < -0.3 is 20.2 Å². The minimum atomic E-state index is -0.906. The first kappa shape index (κ1) is 24.8. The van der Waals surface area contributed by atoms with Crippen molar-refractivity contribution in [1.82, 2.24) is 9.80 Å². The van der Waals surface area contributed by atoms with Gasteiger partial charge in [0, 0.05) is 55.1 Å². The van der Waals surface area contributed by atoms with E-state index in [0.717, 1.165) is 18.2 Å². The summed E-state index contributed by atoms with van der Waals surface area (Å²) in [5.74, 6) is -4.26. The molecular weight excluding hydrogens is 475 g/mol. The molecule has 0 atom stereocenters. The Hall–Kier alpha value is -4.34. The summed E-state index contributed by atoms with van der Waals surface area (Å²) in [7, 11) is 0. The first-order chi connectivity index (χ1) is 17.1. The average molecular weight is 497 g/mol. The average Bonchev–Trinajstić information content (AvgIpc) is 2.84. The fourth-order valence-corrected chi connectivity index (χ4v) is 3.87. The van der Waals surface area contributed by atoms with Gasteiger partial charge in [-0.15, -0.1) is 0 Å². The number of hydrogen-bond donors (Lipinski definition) is 2. The van der Waals surface area contributed by atoms with Gasteiger partial charge in [0.15, 0.2) is 0 Å². The van der Waals surface area contributed by atoms with E-state index < -0.39 is 35.0 Å². The SMILES string of the molecule is Cc1ccc(C(=O)N2CCN(C(=O)c3ccc(NC(=O)c4cc(F)cc(F)c4)cc3O)CC2)cc1F. The number of nitrogens with zero attached hydrogens (tertiary/aromatic N) is 2. The Bertz CT molecular complexity index is 1330. The number of anilines is 1. The van der Waals surface area contributed by atoms with Crippen LogP contribution in [0.25, 0.3) is 0 Å². The van der Waals surface area contributed by atoms with Crippen LogP contribution in [0.4, 0.5) is 18.9 Å². The Morgan fingerprint density at radius 1 is 0.778 bits per heavy atom. The molecule has 0 unspecified atom stereocenters. The molecular formula is C26H22F3N3O4. The van der Waals surface area contributed by atoms with Crippen LogP contribution in [-0.2, 0) is 0 Å². The molecule has 0 spiro atoms. The molecule has 3 amide bonds. The number of phenolic OH excluding ortho intramolecular Hbond substituents is 1. The highest BCUT2D eigenvalue weighted by molar-refractivity contribution is 6.05. The molecule has 0 saturated carbocycles. The number of benzene rings is 3. The molecule has 1 aliphatic rings. The molecule has 1 aliphatic heterocycles. The van der Waals surface area contributed by atoms with Gasteiger partial charge >= 0.3 is 0 Å². The van der Waals surface area contributed by atoms with Gasteiger partial charge in [0.05, 0.1) is 5.56 Å². The highest BCUT2D eigenvalue weighted by atomic mass is 19.1. The fraction of sp³-hybridized carbons (Fsp3) is 0.192. The number of piperazine rings is 1. The molecule has 1 saturated heterocycles. The van der Waals surface area contributed by atoms with Gasteiger partial charge in [-0.05, 0) is 48.9 Å². The maximum atomic E-state index is 13.8. The number of aryl methyl sites for hydroxylation is 1. The summed E-state index contributed by atoms with van der Waals surface area (Å²) in [4.78, 5) is 40.9. The van der Waals surface area contributed by atoms with Crippen LogP contribution >= 0.6 is 0 Å². The molecule has 4 rings (SSSR count). The zero-order valence-corrected chi connectivity index (χ0v) is 19.2. The van der Waals surface area contributed by atoms with Crippen molar-refractivity contribution in [2.24, 2.45) is 0 Å². The third-order valence-corrected chi connectivity index (χ3v) is 5.88. The number of aromatic hydroxyl groups is 1. The van der Waals surface area contributed by atoms with Crippen LogP contribution in [-0.4, -0.2) is 58.8 Å². The Balaban J connectivity index is 1.38.